The van der Waals surface area contributed by atoms with Gasteiger partial charge in [-0.2, -0.15) is 4.89 Å². The van der Waals surface area contributed by atoms with Crippen molar-refractivity contribution in [1.29, 1.82) is 0 Å². The van der Waals surface area contributed by atoms with Gasteiger partial charge in [0.15, 0.2) is 28.6 Å². The zero-order valence-electron chi connectivity index (χ0n) is 27.9. The van der Waals surface area contributed by atoms with E-state index in [4.69, 9.17) is 42.9 Å². The molecule has 13 nitrogen and oxygen atoms in total. The summed E-state index contributed by atoms with van der Waals surface area (Å²) in [5.41, 5.74) is -2.90. The molecule has 2 aliphatic heterocycles. The van der Waals surface area contributed by atoms with Crippen molar-refractivity contribution in [3.8, 4) is 23.0 Å². The zero-order chi connectivity index (χ0) is 35.0. The van der Waals surface area contributed by atoms with Crippen LogP contribution in [0.4, 0.5) is 4.79 Å². The van der Waals surface area contributed by atoms with E-state index >= 15 is 0 Å². The molecule has 13 heteroatoms. The summed E-state index contributed by atoms with van der Waals surface area (Å²) in [6.45, 7) is 1.82. The second-order valence-corrected chi connectivity index (χ2v) is 11.1. The number of benzene rings is 2. The topological polar surface area (TPSA) is 146 Å². The highest BCUT2D eigenvalue weighted by Gasteiger charge is 2.65. The Labute approximate surface area is 283 Å². The van der Waals surface area contributed by atoms with Crippen LogP contribution in [0.25, 0.3) is 0 Å². The molecule has 0 fully saturated rings. The van der Waals surface area contributed by atoms with Gasteiger partial charge in [0, 0.05) is 6.42 Å². The van der Waals surface area contributed by atoms with Gasteiger partial charge in [0.05, 0.1) is 47.1 Å². The number of nitrogens with one attached hydrogen (secondary N) is 1. The molecule has 3 atom stereocenters. The van der Waals surface area contributed by atoms with Crippen LogP contribution in [0.3, 0.4) is 0 Å². The Morgan fingerprint density at radius 3 is 2.24 bits per heavy atom. The zero-order valence-corrected chi connectivity index (χ0v) is 27.9. The van der Waals surface area contributed by atoms with E-state index in [1.165, 1.54) is 34.5 Å². The monoisotopic (exact) mass is 677 g/mol. The van der Waals surface area contributed by atoms with Crippen molar-refractivity contribution in [3.05, 3.63) is 95.3 Å². The molecule has 2 aromatic carbocycles. The van der Waals surface area contributed by atoms with Gasteiger partial charge in [0.2, 0.25) is 12.0 Å². The van der Waals surface area contributed by atoms with Gasteiger partial charge < -0.3 is 43.4 Å². The second-order valence-electron chi connectivity index (χ2n) is 11.1. The molecule has 1 amide bonds. The largest absolute Gasteiger partial charge is 0.497 e. The molecule has 0 radical (unpaired) electrons. The Hall–Kier alpha value is -5.27. The van der Waals surface area contributed by atoms with E-state index in [0.29, 0.717) is 34.1 Å². The van der Waals surface area contributed by atoms with E-state index in [1.54, 1.807) is 73.7 Å². The molecule has 1 aliphatic carbocycles. The lowest BCUT2D eigenvalue weighted by Crippen LogP contribution is -2.65. The summed E-state index contributed by atoms with van der Waals surface area (Å²) in [5.74, 6) is 0.474. The minimum atomic E-state index is -2.21. The van der Waals surface area contributed by atoms with Crippen LogP contribution in [0, 0.1) is 5.41 Å². The van der Waals surface area contributed by atoms with E-state index in [0.717, 1.165) is 0 Å². The van der Waals surface area contributed by atoms with Gasteiger partial charge in [-0.05, 0) is 72.5 Å². The van der Waals surface area contributed by atoms with Crippen LogP contribution in [-0.4, -0.2) is 72.4 Å². The normalized spacial score (nSPS) is 19.0. The Bertz CT molecular complexity index is 1650. The van der Waals surface area contributed by atoms with Crippen LogP contribution in [-0.2, 0) is 45.5 Å². The first-order valence-electron chi connectivity index (χ1n) is 15.6. The van der Waals surface area contributed by atoms with Crippen molar-refractivity contribution in [3.63, 3.8) is 0 Å². The van der Waals surface area contributed by atoms with Crippen LogP contribution in [0.5, 0.6) is 23.0 Å². The standard InChI is InChI=1S/C36H39NO12/c1-6-45-33(39)36(24-12-14-27(41-2)15-13-24,37-34(40)48-31-11-8-17-46-31)35(30-16-18-47-49-30,25-9-7-10-26(38)21-25)22-23-19-28(42-3)32(44-5)29(20-23)43-4/h7-9,11-16,19-21,31H,6,10,17-18,22H2,1-5H3,(H,37,40). The lowest BCUT2D eigenvalue weighted by Gasteiger charge is -2.49. The minimum absolute atomic E-state index is 0.00392. The molecule has 3 aliphatic rings. The number of allylic oxidation sites excluding steroid dienone is 3. The Morgan fingerprint density at radius 1 is 0.959 bits per heavy atom. The summed E-state index contributed by atoms with van der Waals surface area (Å²) < 4.78 is 39.3. The smallest absolute Gasteiger partial charge is 0.410 e. The van der Waals surface area contributed by atoms with Crippen LogP contribution < -0.4 is 24.3 Å². The highest BCUT2D eigenvalue weighted by molar-refractivity contribution is 5.96. The molecule has 0 saturated heterocycles. The highest BCUT2D eigenvalue weighted by atomic mass is 17.2. The van der Waals surface area contributed by atoms with Crippen molar-refractivity contribution < 1.29 is 57.3 Å². The molecule has 0 aromatic heterocycles. The van der Waals surface area contributed by atoms with Gasteiger partial charge in [0.25, 0.3) is 0 Å². The van der Waals surface area contributed by atoms with Gasteiger partial charge >= 0.3 is 12.1 Å². The van der Waals surface area contributed by atoms with Crippen molar-refractivity contribution in [1.82, 2.24) is 5.32 Å². The number of esters is 1. The first kappa shape index (κ1) is 35.0. The summed E-state index contributed by atoms with van der Waals surface area (Å²) in [4.78, 5) is 53.5. The number of ketones is 1. The van der Waals surface area contributed by atoms with E-state index in [9.17, 15) is 14.4 Å². The van der Waals surface area contributed by atoms with Gasteiger partial charge in [0.1, 0.15) is 12.4 Å². The first-order valence-corrected chi connectivity index (χ1v) is 15.6. The molecule has 49 heavy (non-hydrogen) atoms. The first-order chi connectivity index (χ1) is 23.8. The SMILES string of the molecule is CCOC(=O)C(NC(=O)OC1C=CCO1)(c1ccc(OC)cc1)C(Cc1cc(OC)c(OC)c(OC)c1)(C1=CC(=O)CC=C1)C1=CCOO1. The molecule has 2 aromatic rings. The maximum atomic E-state index is 15.0. The van der Waals surface area contributed by atoms with Crippen LogP contribution in [0.15, 0.2) is 84.2 Å². The molecule has 3 unspecified atom stereocenters. The fraction of sp³-hybridized carbons (Fsp3) is 0.361. The number of hydrogen-bond donors (Lipinski definition) is 1. The summed E-state index contributed by atoms with van der Waals surface area (Å²) in [7, 11) is 5.95. The van der Waals surface area contributed by atoms with Crippen LogP contribution >= 0.6 is 0 Å². The van der Waals surface area contributed by atoms with Crippen molar-refractivity contribution >= 4 is 17.8 Å². The van der Waals surface area contributed by atoms with E-state index < -0.39 is 29.3 Å². The maximum absolute atomic E-state index is 15.0. The Kier molecular flexibility index (Phi) is 10.9. The lowest BCUT2D eigenvalue weighted by molar-refractivity contribution is -0.248. The average Bonchev–Trinajstić information content (AvgIpc) is 3.85. The quantitative estimate of drug-likeness (QED) is 0.169. The summed E-state index contributed by atoms with van der Waals surface area (Å²) in [5, 5.41) is 2.89. The third-order valence-corrected chi connectivity index (χ3v) is 8.43. The molecule has 0 bridgehead atoms. The summed E-state index contributed by atoms with van der Waals surface area (Å²) >= 11 is 0. The second kappa shape index (κ2) is 15.3. The van der Waals surface area contributed by atoms with E-state index in [1.807, 2.05) is 0 Å². The number of carbonyl (C=O) groups is 3. The molecule has 2 heterocycles. The number of ether oxygens (including phenoxy) is 7. The van der Waals surface area contributed by atoms with Crippen LogP contribution in [0.2, 0.25) is 0 Å². The Balaban J connectivity index is 1.89. The predicted octanol–water partition coefficient (Wildman–Crippen LogP) is 4.65. The number of hydrogen-bond acceptors (Lipinski definition) is 12. The molecule has 1 N–H and O–H groups in total. The molecular formula is C36H39NO12. The third kappa shape index (κ3) is 6.72. The van der Waals surface area contributed by atoms with Crippen LogP contribution in [0.1, 0.15) is 24.5 Å². The van der Waals surface area contributed by atoms with Crippen molar-refractivity contribution in [2.45, 2.75) is 31.6 Å². The van der Waals surface area contributed by atoms with Gasteiger partial charge in [-0.15, -0.1) is 0 Å². The van der Waals surface area contributed by atoms with Crippen molar-refractivity contribution in [2.75, 3.05) is 48.3 Å². The van der Waals surface area contributed by atoms with Crippen molar-refractivity contribution in [2.24, 2.45) is 5.41 Å². The number of carbonyl (C=O) groups excluding carboxylic acids is 3. The molecule has 260 valence electrons. The molecule has 0 saturated carbocycles. The van der Waals surface area contributed by atoms with Gasteiger partial charge in [-0.25, -0.2) is 9.59 Å². The maximum Gasteiger partial charge on any atom is 0.410 e. The minimum Gasteiger partial charge on any atom is -0.497 e. The van der Waals surface area contributed by atoms with Gasteiger partial charge in [-0.3, -0.25) is 4.79 Å². The Morgan fingerprint density at radius 2 is 1.69 bits per heavy atom. The number of methoxy groups -OCH3 is 4. The summed E-state index contributed by atoms with van der Waals surface area (Å²) in [6, 6.07) is 9.94. The third-order valence-electron chi connectivity index (χ3n) is 8.43. The fourth-order valence-electron chi connectivity index (χ4n) is 6.33. The average molecular weight is 678 g/mol. The number of rotatable bonds is 14. The number of alkyl carbamates (subject to hydrolysis) is 1. The predicted molar refractivity (Wildman–Crippen MR) is 174 cm³/mol. The van der Waals surface area contributed by atoms with Gasteiger partial charge in [-0.1, -0.05) is 30.4 Å². The molecule has 5 rings (SSSR count). The summed E-state index contributed by atoms with van der Waals surface area (Å²) in [6.07, 6.45) is 7.71. The molecular weight excluding hydrogens is 638 g/mol. The lowest BCUT2D eigenvalue weighted by atomic mass is 9.57. The highest BCUT2D eigenvalue weighted by Crippen LogP contribution is 2.57. The molecule has 0 spiro atoms. The fourth-order valence-corrected chi connectivity index (χ4v) is 6.33. The van der Waals surface area contributed by atoms with E-state index in [2.05, 4.69) is 5.32 Å². The number of amides is 1. The van der Waals surface area contributed by atoms with E-state index in [-0.39, 0.29) is 49.8 Å².